The average molecular weight is 445 g/mol. The molecule has 1 amide bonds. The molecule has 3 heterocycles. The number of nitrogens with zero attached hydrogens (tertiary/aromatic N) is 4. The van der Waals surface area contributed by atoms with E-state index in [9.17, 15) is 9.18 Å². The fourth-order valence-corrected chi connectivity index (χ4v) is 4.43. The van der Waals surface area contributed by atoms with Crippen molar-refractivity contribution in [3.05, 3.63) is 102 Å². The van der Waals surface area contributed by atoms with Gasteiger partial charge in [-0.1, -0.05) is 23.7 Å². The number of carbonyl (C=O) groups is 1. The van der Waals surface area contributed by atoms with Crippen molar-refractivity contribution in [1.82, 2.24) is 15.0 Å². The van der Waals surface area contributed by atoms with Crippen LogP contribution in [0.25, 0.3) is 11.1 Å². The van der Waals surface area contributed by atoms with Crippen molar-refractivity contribution in [2.24, 2.45) is 0 Å². The van der Waals surface area contributed by atoms with Gasteiger partial charge >= 0.3 is 0 Å². The van der Waals surface area contributed by atoms with Crippen molar-refractivity contribution < 1.29 is 9.18 Å². The van der Waals surface area contributed by atoms with Crippen LogP contribution in [0.1, 0.15) is 18.1 Å². The Morgan fingerprint density at radius 3 is 2.38 bits per heavy atom. The first-order valence-corrected chi connectivity index (χ1v) is 10.4. The summed E-state index contributed by atoms with van der Waals surface area (Å²) in [6.07, 6.45) is 8.69. The molecule has 32 heavy (non-hydrogen) atoms. The molecular weight excluding hydrogens is 427 g/mol. The Kier molecular flexibility index (Phi) is 4.94. The minimum Gasteiger partial charge on any atom is -0.280 e. The number of rotatable bonds is 4. The predicted molar refractivity (Wildman–Crippen MR) is 121 cm³/mol. The molecule has 7 heteroatoms. The largest absolute Gasteiger partial charge is 0.280 e. The second-order valence-corrected chi connectivity index (χ2v) is 8.37. The smallest absolute Gasteiger partial charge is 0.242 e. The fourth-order valence-electron chi connectivity index (χ4n) is 4.25. The van der Waals surface area contributed by atoms with Crippen molar-refractivity contribution >= 4 is 28.9 Å². The number of hydrogen-bond donors (Lipinski definition) is 0. The Morgan fingerprint density at radius 2 is 1.66 bits per heavy atom. The molecule has 5 rings (SSSR count). The molecule has 2 aromatic heterocycles. The van der Waals surface area contributed by atoms with E-state index >= 15 is 0 Å². The molecular formula is C25H18ClFN4O. The summed E-state index contributed by atoms with van der Waals surface area (Å²) in [4.78, 5) is 27.8. The summed E-state index contributed by atoms with van der Waals surface area (Å²) in [5.41, 5.74) is 4.07. The van der Waals surface area contributed by atoms with E-state index in [-0.39, 0.29) is 10.9 Å². The number of anilines is 2. The first-order valence-electron chi connectivity index (χ1n) is 10.1. The minimum absolute atomic E-state index is 0.0446. The third kappa shape index (κ3) is 3.33. The third-order valence-electron chi connectivity index (χ3n) is 5.85. The number of halogens is 2. The van der Waals surface area contributed by atoms with E-state index in [2.05, 4.69) is 15.0 Å². The number of amides is 1. The maximum absolute atomic E-state index is 13.8. The van der Waals surface area contributed by atoms with Crippen LogP contribution in [-0.4, -0.2) is 20.9 Å². The van der Waals surface area contributed by atoms with Crippen LogP contribution in [0.4, 0.5) is 15.8 Å². The predicted octanol–water partition coefficient (Wildman–Crippen LogP) is 5.51. The molecule has 158 valence electrons. The summed E-state index contributed by atoms with van der Waals surface area (Å²) in [7, 11) is 0. The summed E-state index contributed by atoms with van der Waals surface area (Å²) in [5.74, 6) is -0.513. The zero-order chi connectivity index (χ0) is 22.3. The summed E-state index contributed by atoms with van der Waals surface area (Å²) in [6, 6.07) is 14.1. The fraction of sp³-hybridized carbons (Fsp3) is 0.120. The van der Waals surface area contributed by atoms with Gasteiger partial charge in [-0.3, -0.25) is 14.7 Å². The Hall–Kier alpha value is -3.64. The summed E-state index contributed by atoms with van der Waals surface area (Å²) >= 11 is 6.01. The van der Waals surface area contributed by atoms with Gasteiger partial charge < -0.3 is 0 Å². The number of fused-ring (bicyclic) bond motifs is 1. The van der Waals surface area contributed by atoms with Gasteiger partial charge in [-0.05, 0) is 72.0 Å². The quantitative estimate of drug-likeness (QED) is 0.416. The first-order chi connectivity index (χ1) is 15.5. The second kappa shape index (κ2) is 7.80. The zero-order valence-electron chi connectivity index (χ0n) is 17.2. The molecule has 0 saturated carbocycles. The van der Waals surface area contributed by atoms with Gasteiger partial charge in [-0.25, -0.2) is 14.4 Å². The lowest BCUT2D eigenvalue weighted by atomic mass is 9.78. The molecule has 1 aliphatic heterocycles. The lowest BCUT2D eigenvalue weighted by Crippen LogP contribution is -2.37. The van der Waals surface area contributed by atoms with Crippen LogP contribution in [0, 0.1) is 5.82 Å². The number of benzene rings is 2. The van der Waals surface area contributed by atoms with Gasteiger partial charge in [0.2, 0.25) is 5.91 Å². The molecule has 0 saturated heterocycles. The summed E-state index contributed by atoms with van der Waals surface area (Å²) in [6.45, 7) is 1.93. The van der Waals surface area contributed by atoms with Crippen LogP contribution in [-0.2, 0) is 16.6 Å². The molecule has 1 aliphatic rings. The molecule has 0 N–H and O–H groups in total. The van der Waals surface area contributed by atoms with Crippen LogP contribution < -0.4 is 4.90 Å². The van der Waals surface area contributed by atoms with Crippen LogP contribution in [0.15, 0.2) is 79.6 Å². The van der Waals surface area contributed by atoms with E-state index in [0.717, 1.165) is 33.6 Å². The molecule has 0 fully saturated rings. The van der Waals surface area contributed by atoms with Gasteiger partial charge in [-0.2, -0.15) is 0 Å². The lowest BCUT2D eigenvalue weighted by molar-refractivity contribution is -0.121. The zero-order valence-corrected chi connectivity index (χ0v) is 17.9. The standard InChI is InChI=1S/C25H18ClFN4O/c1-25(12-16-13-29-15-30-14-16)20-10-17(18-2-4-22(27)21(26)11-18)3-5-23(20)31(24(25)32)19-6-8-28-9-7-19/h2-11,13-15H,12H2,1H3. The molecule has 0 spiro atoms. The highest BCUT2D eigenvalue weighted by Gasteiger charge is 2.48. The lowest BCUT2D eigenvalue weighted by Gasteiger charge is -2.24. The van der Waals surface area contributed by atoms with E-state index in [1.165, 1.54) is 12.4 Å². The van der Waals surface area contributed by atoms with Gasteiger partial charge in [0.05, 0.1) is 21.8 Å². The maximum Gasteiger partial charge on any atom is 0.242 e. The third-order valence-corrected chi connectivity index (χ3v) is 6.14. The summed E-state index contributed by atoms with van der Waals surface area (Å²) < 4.78 is 13.7. The van der Waals surface area contributed by atoms with Crippen LogP contribution in [0.3, 0.4) is 0 Å². The van der Waals surface area contributed by atoms with Crippen molar-refractivity contribution in [3.63, 3.8) is 0 Å². The van der Waals surface area contributed by atoms with Gasteiger partial charge in [0.1, 0.15) is 12.1 Å². The van der Waals surface area contributed by atoms with Gasteiger partial charge in [-0.15, -0.1) is 0 Å². The highest BCUT2D eigenvalue weighted by atomic mass is 35.5. The second-order valence-electron chi connectivity index (χ2n) is 7.96. The first kappa shape index (κ1) is 20.3. The number of aromatic nitrogens is 3. The van der Waals surface area contributed by atoms with Gasteiger partial charge in [0, 0.05) is 24.8 Å². The molecule has 0 bridgehead atoms. The Balaban J connectivity index is 1.67. The SMILES string of the molecule is CC1(Cc2cncnc2)C(=O)N(c2ccncc2)c2ccc(-c3ccc(F)c(Cl)c3)cc21. The number of carbonyl (C=O) groups excluding carboxylic acids is 1. The van der Waals surface area contributed by atoms with Crippen molar-refractivity contribution in [3.8, 4) is 11.1 Å². The average Bonchev–Trinajstić information content (AvgIpc) is 3.03. The van der Waals surface area contributed by atoms with Crippen molar-refractivity contribution in [1.29, 1.82) is 0 Å². The molecule has 1 unspecified atom stereocenters. The van der Waals surface area contributed by atoms with E-state index in [4.69, 9.17) is 11.6 Å². The van der Waals surface area contributed by atoms with Gasteiger partial charge in [0.15, 0.2) is 0 Å². The normalized spacial score (nSPS) is 17.5. The van der Waals surface area contributed by atoms with Crippen LogP contribution in [0.2, 0.25) is 5.02 Å². The maximum atomic E-state index is 13.8. The van der Waals surface area contributed by atoms with Crippen molar-refractivity contribution in [2.45, 2.75) is 18.8 Å². The molecule has 0 aliphatic carbocycles. The minimum atomic E-state index is -0.844. The number of hydrogen-bond acceptors (Lipinski definition) is 4. The summed E-state index contributed by atoms with van der Waals surface area (Å²) in [5, 5.41) is 0.0571. The van der Waals surface area contributed by atoms with E-state index in [1.807, 2.05) is 37.3 Å². The van der Waals surface area contributed by atoms with Crippen LogP contribution >= 0.6 is 11.6 Å². The van der Waals surface area contributed by atoms with Crippen molar-refractivity contribution in [2.75, 3.05) is 4.90 Å². The number of pyridine rings is 1. The van der Waals surface area contributed by atoms with E-state index in [0.29, 0.717) is 6.42 Å². The Morgan fingerprint density at radius 1 is 0.969 bits per heavy atom. The van der Waals surface area contributed by atoms with Crippen LogP contribution in [0.5, 0.6) is 0 Å². The monoisotopic (exact) mass is 444 g/mol. The molecule has 5 nitrogen and oxygen atoms in total. The Bertz CT molecular complexity index is 1320. The highest BCUT2D eigenvalue weighted by molar-refractivity contribution is 6.31. The van der Waals surface area contributed by atoms with E-state index < -0.39 is 11.2 Å². The van der Waals surface area contributed by atoms with E-state index in [1.54, 1.807) is 41.8 Å². The Labute approximate surface area is 189 Å². The highest BCUT2D eigenvalue weighted by Crippen LogP contribution is 2.48. The van der Waals surface area contributed by atoms with Gasteiger partial charge in [0.25, 0.3) is 0 Å². The molecule has 1 atom stereocenters. The molecule has 2 aromatic carbocycles. The molecule has 0 radical (unpaired) electrons. The topological polar surface area (TPSA) is 59.0 Å². The molecule has 4 aromatic rings.